The molecule has 17 heavy (non-hydrogen) atoms. The summed E-state index contributed by atoms with van der Waals surface area (Å²) in [5, 5.41) is 3.33. The van der Waals surface area contributed by atoms with Crippen molar-refractivity contribution in [3.63, 3.8) is 0 Å². The average Bonchev–Trinajstić information content (AvgIpc) is 2.39. The minimum absolute atomic E-state index is 0.216. The summed E-state index contributed by atoms with van der Waals surface area (Å²) >= 11 is 0. The summed E-state index contributed by atoms with van der Waals surface area (Å²) in [6, 6.07) is 8.07. The van der Waals surface area contributed by atoms with Crippen molar-refractivity contribution < 1.29 is 4.79 Å². The van der Waals surface area contributed by atoms with Crippen molar-refractivity contribution in [1.82, 2.24) is 5.32 Å². The molecule has 0 radical (unpaired) electrons. The number of ketones is 1. The Labute approximate surface area is 103 Å². The van der Waals surface area contributed by atoms with Gasteiger partial charge in [0.1, 0.15) is 0 Å². The van der Waals surface area contributed by atoms with E-state index >= 15 is 0 Å². The number of piperidine rings is 1. The van der Waals surface area contributed by atoms with Crippen molar-refractivity contribution >= 4 is 5.78 Å². The third kappa shape index (κ3) is 2.58. The molecule has 1 unspecified atom stereocenters. The van der Waals surface area contributed by atoms with E-state index in [9.17, 15) is 4.79 Å². The van der Waals surface area contributed by atoms with E-state index in [4.69, 9.17) is 0 Å². The van der Waals surface area contributed by atoms with Gasteiger partial charge in [0.05, 0.1) is 0 Å². The lowest BCUT2D eigenvalue weighted by Gasteiger charge is -2.32. The molecule has 2 heteroatoms. The van der Waals surface area contributed by atoms with Crippen LogP contribution in [0.5, 0.6) is 0 Å². The van der Waals surface area contributed by atoms with E-state index in [0.29, 0.717) is 0 Å². The van der Waals surface area contributed by atoms with Gasteiger partial charge in [-0.3, -0.25) is 4.79 Å². The van der Waals surface area contributed by atoms with Crippen molar-refractivity contribution in [2.45, 2.75) is 33.1 Å². The van der Waals surface area contributed by atoms with Gasteiger partial charge in [-0.1, -0.05) is 38.1 Å². The zero-order chi connectivity index (χ0) is 12.3. The van der Waals surface area contributed by atoms with Gasteiger partial charge in [0, 0.05) is 17.5 Å². The predicted molar refractivity (Wildman–Crippen MR) is 70.4 cm³/mol. The molecule has 1 aromatic rings. The first-order chi connectivity index (χ1) is 8.15. The molecule has 92 valence electrons. The van der Waals surface area contributed by atoms with E-state index in [1.807, 2.05) is 12.1 Å². The number of benzene rings is 1. The molecule has 1 N–H and O–H groups in total. The maximum Gasteiger partial charge on any atom is 0.169 e. The fourth-order valence-electron chi connectivity index (χ4n) is 2.49. The minimum atomic E-state index is -0.216. The van der Waals surface area contributed by atoms with Crippen molar-refractivity contribution in [3.8, 4) is 0 Å². The molecule has 2 nitrogen and oxygen atoms in total. The normalized spacial score (nSPS) is 24.6. The van der Waals surface area contributed by atoms with Gasteiger partial charge in [-0.2, -0.15) is 0 Å². The van der Waals surface area contributed by atoms with Crippen LogP contribution >= 0.6 is 0 Å². The highest BCUT2D eigenvalue weighted by Crippen LogP contribution is 2.29. The SMILES string of the molecule is CCc1ccc(C(=O)C2(C)CCCNC2)cc1. The summed E-state index contributed by atoms with van der Waals surface area (Å²) in [5.41, 5.74) is 1.92. The topological polar surface area (TPSA) is 29.1 Å². The van der Waals surface area contributed by atoms with Gasteiger partial charge in [-0.05, 0) is 31.4 Å². The average molecular weight is 231 g/mol. The van der Waals surface area contributed by atoms with Crippen molar-refractivity contribution in [2.24, 2.45) is 5.41 Å². The fourth-order valence-corrected chi connectivity index (χ4v) is 2.49. The Morgan fingerprint density at radius 2 is 2.06 bits per heavy atom. The molecule has 1 saturated heterocycles. The van der Waals surface area contributed by atoms with Gasteiger partial charge in [0.25, 0.3) is 0 Å². The van der Waals surface area contributed by atoms with E-state index in [1.165, 1.54) is 5.56 Å². The molecule has 0 bridgehead atoms. The van der Waals surface area contributed by atoms with Crippen molar-refractivity contribution in [3.05, 3.63) is 35.4 Å². The Morgan fingerprint density at radius 3 is 2.59 bits per heavy atom. The lowest BCUT2D eigenvalue weighted by molar-refractivity contribution is 0.0773. The zero-order valence-electron chi connectivity index (χ0n) is 10.8. The Kier molecular flexibility index (Phi) is 3.63. The molecule has 1 heterocycles. The monoisotopic (exact) mass is 231 g/mol. The van der Waals surface area contributed by atoms with Gasteiger partial charge >= 0.3 is 0 Å². The molecule has 1 aromatic carbocycles. The van der Waals surface area contributed by atoms with Gasteiger partial charge in [-0.15, -0.1) is 0 Å². The first kappa shape index (κ1) is 12.3. The van der Waals surface area contributed by atoms with Crippen LogP contribution in [0, 0.1) is 5.41 Å². The first-order valence-electron chi connectivity index (χ1n) is 6.50. The van der Waals surface area contributed by atoms with Crippen LogP contribution in [0.3, 0.4) is 0 Å². The molecule has 0 spiro atoms. The van der Waals surface area contributed by atoms with E-state index in [2.05, 4.69) is 31.3 Å². The molecule has 1 aliphatic heterocycles. The van der Waals surface area contributed by atoms with Gasteiger partial charge in [0.2, 0.25) is 0 Å². The number of rotatable bonds is 3. The van der Waals surface area contributed by atoms with Gasteiger partial charge < -0.3 is 5.32 Å². The van der Waals surface area contributed by atoms with E-state index in [0.717, 1.165) is 37.9 Å². The lowest BCUT2D eigenvalue weighted by atomic mass is 9.76. The van der Waals surface area contributed by atoms with Crippen LogP contribution in [-0.2, 0) is 6.42 Å². The quantitative estimate of drug-likeness (QED) is 0.810. The molecule has 2 rings (SSSR count). The van der Waals surface area contributed by atoms with Crippen molar-refractivity contribution in [1.29, 1.82) is 0 Å². The number of nitrogens with one attached hydrogen (secondary N) is 1. The second-order valence-corrected chi connectivity index (χ2v) is 5.22. The molecule has 0 saturated carbocycles. The van der Waals surface area contributed by atoms with Crippen LogP contribution in [0.1, 0.15) is 42.6 Å². The second kappa shape index (κ2) is 5.01. The largest absolute Gasteiger partial charge is 0.316 e. The number of carbonyl (C=O) groups is 1. The highest BCUT2D eigenvalue weighted by molar-refractivity contribution is 6.00. The van der Waals surface area contributed by atoms with Gasteiger partial charge in [-0.25, -0.2) is 0 Å². The molecule has 1 atom stereocenters. The third-order valence-corrected chi connectivity index (χ3v) is 3.77. The Balaban J connectivity index is 2.17. The highest BCUT2D eigenvalue weighted by Gasteiger charge is 2.34. The predicted octanol–water partition coefficient (Wildman–Crippen LogP) is 2.82. The summed E-state index contributed by atoms with van der Waals surface area (Å²) in [6.07, 6.45) is 3.11. The van der Waals surface area contributed by atoms with E-state index in [1.54, 1.807) is 0 Å². The standard InChI is InChI=1S/C15H21NO/c1-3-12-5-7-13(8-6-12)14(17)15(2)9-4-10-16-11-15/h5-8,16H,3-4,9-11H2,1-2H3. The summed E-state index contributed by atoms with van der Waals surface area (Å²) in [7, 11) is 0. The number of hydrogen-bond acceptors (Lipinski definition) is 2. The summed E-state index contributed by atoms with van der Waals surface area (Å²) in [4.78, 5) is 12.5. The summed E-state index contributed by atoms with van der Waals surface area (Å²) in [5.74, 6) is 0.285. The van der Waals surface area contributed by atoms with Crippen LogP contribution in [0.4, 0.5) is 0 Å². The Morgan fingerprint density at radius 1 is 1.35 bits per heavy atom. The Hall–Kier alpha value is -1.15. The number of carbonyl (C=O) groups excluding carboxylic acids is 1. The van der Waals surface area contributed by atoms with Crippen LogP contribution in [0.25, 0.3) is 0 Å². The zero-order valence-corrected chi connectivity index (χ0v) is 10.8. The van der Waals surface area contributed by atoms with Crippen LogP contribution in [0.15, 0.2) is 24.3 Å². The van der Waals surface area contributed by atoms with Gasteiger partial charge in [0.15, 0.2) is 5.78 Å². The maximum absolute atomic E-state index is 12.5. The summed E-state index contributed by atoms with van der Waals surface area (Å²) < 4.78 is 0. The molecule has 1 aliphatic rings. The fraction of sp³-hybridized carbons (Fsp3) is 0.533. The maximum atomic E-state index is 12.5. The van der Waals surface area contributed by atoms with Crippen LogP contribution in [0.2, 0.25) is 0 Å². The van der Waals surface area contributed by atoms with Crippen molar-refractivity contribution in [2.75, 3.05) is 13.1 Å². The number of Topliss-reactive ketones (excluding diaryl/α,β-unsaturated/α-hetero) is 1. The molecule has 0 amide bonds. The van der Waals surface area contributed by atoms with E-state index < -0.39 is 0 Å². The first-order valence-corrected chi connectivity index (χ1v) is 6.50. The third-order valence-electron chi connectivity index (χ3n) is 3.77. The smallest absolute Gasteiger partial charge is 0.169 e. The minimum Gasteiger partial charge on any atom is -0.316 e. The Bertz CT molecular complexity index is 388. The molecule has 0 aliphatic carbocycles. The van der Waals surface area contributed by atoms with Crippen LogP contribution in [-0.4, -0.2) is 18.9 Å². The van der Waals surface area contributed by atoms with Crippen LogP contribution < -0.4 is 5.32 Å². The molecular formula is C15H21NO. The number of aryl methyl sites for hydroxylation is 1. The molecule has 0 aromatic heterocycles. The second-order valence-electron chi connectivity index (χ2n) is 5.22. The number of hydrogen-bond donors (Lipinski definition) is 1. The summed E-state index contributed by atoms with van der Waals surface area (Å²) in [6.45, 7) is 6.05. The molecular weight excluding hydrogens is 210 g/mol. The lowest BCUT2D eigenvalue weighted by Crippen LogP contribution is -2.43. The highest BCUT2D eigenvalue weighted by atomic mass is 16.1. The van der Waals surface area contributed by atoms with E-state index in [-0.39, 0.29) is 11.2 Å². The molecule has 1 fully saturated rings.